The fourth-order valence-corrected chi connectivity index (χ4v) is 3.20. The van der Waals surface area contributed by atoms with Crippen molar-refractivity contribution in [1.29, 1.82) is 0 Å². The first kappa shape index (κ1) is 13.8. The first-order chi connectivity index (χ1) is 8.51. The van der Waals surface area contributed by atoms with Gasteiger partial charge in [0.05, 0.1) is 0 Å². The molecule has 1 N–H and O–H groups in total. The predicted octanol–water partition coefficient (Wildman–Crippen LogP) is 4.78. The number of benzene rings is 1. The second-order valence-electron chi connectivity index (χ2n) is 5.44. The molecule has 0 aromatic heterocycles. The zero-order valence-electron chi connectivity index (χ0n) is 10.9. The summed E-state index contributed by atoms with van der Waals surface area (Å²) in [6.07, 6.45) is 5.87. The van der Waals surface area contributed by atoms with Crippen molar-refractivity contribution in [3.63, 3.8) is 0 Å². The minimum Gasteiger partial charge on any atom is -0.424 e. The lowest BCUT2D eigenvalue weighted by atomic mass is 9.70. The minimum absolute atomic E-state index is 0.0466. The molecule has 0 saturated heterocycles. The molecule has 0 bridgehead atoms. The molecular weight excluding hydrogens is 250 g/mol. The first-order valence-corrected chi connectivity index (χ1v) is 7.55. The van der Waals surface area contributed by atoms with Crippen LogP contribution in [0.25, 0.3) is 0 Å². The largest absolute Gasteiger partial charge is 0.436 e. The molecule has 2 rings (SSSR count). The molecule has 0 amide bonds. The molecule has 100 valence electrons. The Bertz CT molecular complexity index is 414. The van der Waals surface area contributed by atoms with Crippen LogP contribution in [-0.2, 0) is 5.41 Å². The summed E-state index contributed by atoms with van der Waals surface area (Å²) in [5.41, 5.74) is 2.23. The number of hydrogen-bond donors (Lipinski definition) is 1. The number of halogens is 1. The summed E-state index contributed by atoms with van der Waals surface area (Å²) in [6, 6.07) is 5.74. The maximum absolute atomic E-state index is 12.8. The molecule has 1 atom stereocenters. The van der Waals surface area contributed by atoms with E-state index in [2.05, 4.69) is 13.0 Å². The van der Waals surface area contributed by atoms with E-state index < -0.39 is 8.69 Å². The molecule has 0 radical (unpaired) electrons. The maximum Gasteiger partial charge on any atom is 0.436 e. The van der Waals surface area contributed by atoms with Gasteiger partial charge in [-0.25, -0.2) is 0 Å². The Morgan fingerprint density at radius 2 is 1.94 bits per heavy atom. The molecule has 1 saturated carbocycles. The molecule has 1 aliphatic rings. The Morgan fingerprint density at radius 3 is 2.56 bits per heavy atom. The zero-order chi connectivity index (χ0) is 13.2. The van der Waals surface area contributed by atoms with Gasteiger partial charge in [-0.2, -0.15) is 0 Å². The molecule has 1 unspecified atom stereocenters. The summed E-state index contributed by atoms with van der Waals surface area (Å²) in [5.74, 6) is 0.501. The number of aryl methyl sites for hydroxylation is 1. The second-order valence-corrected chi connectivity index (χ2v) is 6.07. The fraction of sp³-hybridized carbons (Fsp3) is 0.571. The van der Waals surface area contributed by atoms with Crippen LogP contribution in [0.15, 0.2) is 18.2 Å². The quantitative estimate of drug-likeness (QED) is 0.800. The van der Waals surface area contributed by atoms with Crippen LogP contribution in [0.4, 0.5) is 4.20 Å². The van der Waals surface area contributed by atoms with Crippen molar-refractivity contribution < 1.29 is 13.6 Å². The normalized spacial score (nSPS) is 20.4. The molecule has 18 heavy (non-hydrogen) atoms. The summed E-state index contributed by atoms with van der Waals surface area (Å²) in [4.78, 5) is 8.86. The summed E-state index contributed by atoms with van der Waals surface area (Å²) in [5, 5.41) is 0. The lowest BCUT2D eigenvalue weighted by Gasteiger charge is -2.35. The SMILES string of the molecule is Cc1ccc(OP(O)F)c(C2(C)CCCCC2)c1. The van der Waals surface area contributed by atoms with E-state index in [-0.39, 0.29) is 5.41 Å². The Labute approximate surface area is 109 Å². The Morgan fingerprint density at radius 1 is 1.28 bits per heavy atom. The standard InChI is InChI=1S/C14H20FO2P/c1-11-6-7-13(17-18(15)16)12(10-11)14(2)8-4-3-5-9-14/h6-7,10,16H,3-5,8-9H2,1-2H3. The van der Waals surface area contributed by atoms with Crippen molar-refractivity contribution in [3.05, 3.63) is 29.3 Å². The summed E-state index contributed by atoms with van der Waals surface area (Å²) >= 11 is 0. The molecule has 1 aliphatic carbocycles. The van der Waals surface area contributed by atoms with Crippen LogP contribution in [0.1, 0.15) is 50.2 Å². The van der Waals surface area contributed by atoms with Crippen LogP contribution in [0, 0.1) is 6.92 Å². The van der Waals surface area contributed by atoms with Crippen LogP contribution in [0.5, 0.6) is 5.75 Å². The van der Waals surface area contributed by atoms with Crippen LogP contribution in [0.3, 0.4) is 0 Å². The van der Waals surface area contributed by atoms with Gasteiger partial charge in [-0.1, -0.05) is 43.9 Å². The van der Waals surface area contributed by atoms with Gasteiger partial charge >= 0.3 is 8.69 Å². The molecule has 4 heteroatoms. The van der Waals surface area contributed by atoms with E-state index in [0.29, 0.717) is 5.75 Å². The smallest absolute Gasteiger partial charge is 0.424 e. The molecular formula is C14H20FO2P. The highest BCUT2D eigenvalue weighted by Crippen LogP contribution is 2.46. The highest BCUT2D eigenvalue weighted by atomic mass is 31.2. The molecule has 0 spiro atoms. The summed E-state index contributed by atoms with van der Waals surface area (Å²) < 4.78 is 17.7. The summed E-state index contributed by atoms with van der Waals surface area (Å²) in [6.45, 7) is 4.24. The van der Waals surface area contributed by atoms with E-state index in [0.717, 1.165) is 24.0 Å². The van der Waals surface area contributed by atoms with Crippen molar-refractivity contribution in [3.8, 4) is 5.75 Å². The van der Waals surface area contributed by atoms with Crippen molar-refractivity contribution in [1.82, 2.24) is 0 Å². The number of hydrogen-bond acceptors (Lipinski definition) is 2. The zero-order valence-corrected chi connectivity index (χ0v) is 11.8. The molecule has 1 aromatic carbocycles. The summed E-state index contributed by atoms with van der Waals surface area (Å²) in [7, 11) is -2.85. The molecule has 1 aromatic rings. The van der Waals surface area contributed by atoms with E-state index in [1.54, 1.807) is 6.07 Å². The third-order valence-corrected chi connectivity index (χ3v) is 4.26. The van der Waals surface area contributed by atoms with Gasteiger partial charge in [-0.05, 0) is 31.2 Å². The van der Waals surface area contributed by atoms with Crippen LogP contribution in [0.2, 0.25) is 0 Å². The lowest BCUT2D eigenvalue weighted by Crippen LogP contribution is -2.25. The average molecular weight is 270 g/mol. The molecule has 0 aliphatic heterocycles. The van der Waals surface area contributed by atoms with Crippen molar-refractivity contribution >= 4 is 8.69 Å². The predicted molar refractivity (Wildman–Crippen MR) is 72.5 cm³/mol. The van der Waals surface area contributed by atoms with Crippen molar-refractivity contribution in [2.24, 2.45) is 0 Å². The Hall–Kier alpha value is -0.660. The van der Waals surface area contributed by atoms with Gasteiger partial charge in [-0.3, -0.25) is 0 Å². The maximum atomic E-state index is 12.8. The van der Waals surface area contributed by atoms with Crippen LogP contribution in [-0.4, -0.2) is 4.89 Å². The topological polar surface area (TPSA) is 29.5 Å². The van der Waals surface area contributed by atoms with Crippen LogP contribution < -0.4 is 4.52 Å². The van der Waals surface area contributed by atoms with E-state index in [1.807, 2.05) is 13.0 Å². The van der Waals surface area contributed by atoms with E-state index >= 15 is 0 Å². The van der Waals surface area contributed by atoms with Gasteiger partial charge in [-0.15, -0.1) is 4.20 Å². The number of rotatable bonds is 3. The first-order valence-electron chi connectivity index (χ1n) is 6.45. The van der Waals surface area contributed by atoms with E-state index in [4.69, 9.17) is 9.42 Å². The van der Waals surface area contributed by atoms with Crippen LogP contribution >= 0.6 is 8.69 Å². The monoisotopic (exact) mass is 270 g/mol. The fourth-order valence-electron chi connectivity index (χ4n) is 2.88. The molecule has 2 nitrogen and oxygen atoms in total. The van der Waals surface area contributed by atoms with Gasteiger partial charge < -0.3 is 9.42 Å². The van der Waals surface area contributed by atoms with E-state index in [1.165, 1.54) is 19.3 Å². The average Bonchev–Trinajstić information content (AvgIpc) is 2.32. The van der Waals surface area contributed by atoms with Crippen molar-refractivity contribution in [2.75, 3.05) is 0 Å². The highest BCUT2D eigenvalue weighted by Gasteiger charge is 2.32. The Balaban J connectivity index is 2.37. The minimum atomic E-state index is -2.85. The van der Waals surface area contributed by atoms with Gasteiger partial charge in [0, 0.05) is 5.56 Å². The molecule has 0 heterocycles. The third kappa shape index (κ3) is 3.02. The lowest BCUT2D eigenvalue weighted by molar-refractivity contribution is 0.311. The van der Waals surface area contributed by atoms with E-state index in [9.17, 15) is 4.20 Å². The Kier molecular flexibility index (Phi) is 4.24. The van der Waals surface area contributed by atoms with Gasteiger partial charge in [0.1, 0.15) is 5.75 Å². The second kappa shape index (κ2) is 5.54. The van der Waals surface area contributed by atoms with Gasteiger partial charge in [0.2, 0.25) is 0 Å². The van der Waals surface area contributed by atoms with Gasteiger partial charge in [0.15, 0.2) is 0 Å². The van der Waals surface area contributed by atoms with Crippen molar-refractivity contribution in [2.45, 2.75) is 51.4 Å². The molecule has 1 fully saturated rings. The third-order valence-electron chi connectivity index (χ3n) is 3.92. The van der Waals surface area contributed by atoms with Gasteiger partial charge in [0.25, 0.3) is 0 Å². The highest BCUT2D eigenvalue weighted by molar-refractivity contribution is 7.40.